The number of carbonyl (C=O) groups is 2. The second kappa shape index (κ2) is 7.70. The highest BCUT2D eigenvalue weighted by molar-refractivity contribution is 7.99. The van der Waals surface area contributed by atoms with Gasteiger partial charge in [-0.1, -0.05) is 16.9 Å². The minimum atomic E-state index is -0.633. The van der Waals surface area contributed by atoms with E-state index < -0.39 is 5.97 Å². The van der Waals surface area contributed by atoms with Crippen LogP contribution >= 0.6 is 11.8 Å². The van der Waals surface area contributed by atoms with Crippen molar-refractivity contribution < 1.29 is 23.5 Å². The Morgan fingerprint density at radius 2 is 2.17 bits per heavy atom. The maximum absolute atomic E-state index is 11.2. The number of carbonyl (C=O) groups excluding carboxylic acids is 2. The Labute approximate surface area is 108 Å². The topological polar surface area (TPSA) is 91.5 Å². The van der Waals surface area contributed by atoms with E-state index in [9.17, 15) is 9.59 Å². The van der Waals surface area contributed by atoms with Gasteiger partial charge in [-0.15, -0.1) is 5.10 Å². The van der Waals surface area contributed by atoms with Crippen molar-refractivity contribution in [3.63, 3.8) is 0 Å². The van der Waals surface area contributed by atoms with Gasteiger partial charge in [0.05, 0.1) is 13.7 Å². The van der Waals surface area contributed by atoms with Crippen molar-refractivity contribution in [3.8, 4) is 0 Å². The van der Waals surface area contributed by atoms with Crippen LogP contribution in [0.2, 0.25) is 0 Å². The lowest BCUT2D eigenvalue weighted by Crippen LogP contribution is -2.04. The number of aromatic nitrogens is 2. The second-order valence-electron chi connectivity index (χ2n) is 3.12. The van der Waals surface area contributed by atoms with Crippen LogP contribution in [0.3, 0.4) is 0 Å². The van der Waals surface area contributed by atoms with Crippen molar-refractivity contribution in [2.24, 2.45) is 0 Å². The smallest absolute Gasteiger partial charge is 0.396 e. The molecular formula is C10H14N2O5S. The Kier molecular flexibility index (Phi) is 6.20. The maximum Gasteiger partial charge on any atom is 0.396 e. The normalized spacial score (nSPS) is 10.1. The monoisotopic (exact) mass is 274 g/mol. The first-order chi connectivity index (χ1) is 8.67. The van der Waals surface area contributed by atoms with Crippen LogP contribution in [-0.4, -0.2) is 41.6 Å². The first kappa shape index (κ1) is 14.5. The zero-order valence-corrected chi connectivity index (χ0v) is 11.0. The van der Waals surface area contributed by atoms with Crippen LogP contribution in [-0.2, 0) is 14.3 Å². The zero-order chi connectivity index (χ0) is 13.4. The van der Waals surface area contributed by atoms with E-state index in [2.05, 4.69) is 14.9 Å². The molecular weight excluding hydrogens is 260 g/mol. The molecule has 0 aliphatic rings. The lowest BCUT2D eigenvalue weighted by Gasteiger charge is -1.97. The average Bonchev–Trinajstić information content (AvgIpc) is 2.83. The molecule has 1 aromatic heterocycles. The van der Waals surface area contributed by atoms with Crippen molar-refractivity contribution in [3.05, 3.63) is 5.89 Å². The molecule has 0 spiro atoms. The quantitative estimate of drug-likeness (QED) is 0.417. The highest BCUT2D eigenvalue weighted by Crippen LogP contribution is 2.18. The molecule has 0 aromatic carbocycles. The molecule has 1 rings (SSSR count). The van der Waals surface area contributed by atoms with Crippen LogP contribution in [0.1, 0.15) is 30.5 Å². The van der Waals surface area contributed by atoms with Gasteiger partial charge in [-0.3, -0.25) is 4.79 Å². The predicted octanol–water partition coefficient (Wildman–Crippen LogP) is 1.29. The fraction of sp³-hybridized carbons (Fsp3) is 0.600. The molecule has 0 N–H and O–H groups in total. The summed E-state index contributed by atoms with van der Waals surface area (Å²) in [6.45, 7) is 1.94. The summed E-state index contributed by atoms with van der Waals surface area (Å²) in [5, 5.41) is 7.53. The number of thioether (sulfide) groups is 1. The van der Waals surface area contributed by atoms with Gasteiger partial charge in [0.2, 0.25) is 0 Å². The molecule has 8 heteroatoms. The molecule has 7 nitrogen and oxygen atoms in total. The van der Waals surface area contributed by atoms with Crippen LogP contribution in [0.15, 0.2) is 9.64 Å². The van der Waals surface area contributed by atoms with Crippen LogP contribution in [0.4, 0.5) is 0 Å². The van der Waals surface area contributed by atoms with Crippen LogP contribution in [0.25, 0.3) is 0 Å². The molecule has 100 valence electrons. The third-order valence-electron chi connectivity index (χ3n) is 1.83. The van der Waals surface area contributed by atoms with Crippen molar-refractivity contribution in [2.45, 2.75) is 25.0 Å². The summed E-state index contributed by atoms with van der Waals surface area (Å²) >= 11 is 1.27. The van der Waals surface area contributed by atoms with Crippen LogP contribution in [0, 0.1) is 0 Å². The molecule has 0 bridgehead atoms. The number of ether oxygens (including phenoxy) is 2. The molecule has 0 unspecified atom stereocenters. The fourth-order valence-electron chi connectivity index (χ4n) is 1.02. The Bertz CT molecular complexity index is 407. The van der Waals surface area contributed by atoms with E-state index in [0.29, 0.717) is 18.6 Å². The van der Waals surface area contributed by atoms with Crippen molar-refractivity contribution in [1.82, 2.24) is 10.2 Å². The molecule has 0 atom stereocenters. The van der Waals surface area contributed by atoms with Crippen molar-refractivity contribution in [2.75, 3.05) is 19.5 Å². The van der Waals surface area contributed by atoms with E-state index in [1.807, 2.05) is 0 Å². The fourth-order valence-corrected chi connectivity index (χ4v) is 1.72. The molecule has 0 aliphatic carbocycles. The summed E-state index contributed by atoms with van der Waals surface area (Å²) in [5.41, 5.74) is 0. The van der Waals surface area contributed by atoms with E-state index in [0.717, 1.165) is 0 Å². The molecule has 0 saturated heterocycles. The Morgan fingerprint density at radius 3 is 2.83 bits per heavy atom. The zero-order valence-electron chi connectivity index (χ0n) is 10.2. The molecule has 0 aliphatic heterocycles. The minimum Gasteiger partial charge on any atom is -0.469 e. The van der Waals surface area contributed by atoms with Gasteiger partial charge in [0.15, 0.2) is 0 Å². The average molecular weight is 274 g/mol. The second-order valence-corrected chi connectivity index (χ2v) is 4.17. The summed E-state index contributed by atoms with van der Waals surface area (Å²) < 4.78 is 14.3. The van der Waals surface area contributed by atoms with Gasteiger partial charge >= 0.3 is 17.8 Å². The van der Waals surface area contributed by atoms with E-state index in [-0.39, 0.29) is 23.7 Å². The van der Waals surface area contributed by atoms with Gasteiger partial charge in [0.25, 0.3) is 5.22 Å². The van der Waals surface area contributed by atoms with Crippen molar-refractivity contribution >= 4 is 23.7 Å². The summed E-state index contributed by atoms with van der Waals surface area (Å²) in [4.78, 5) is 22.1. The van der Waals surface area contributed by atoms with Gasteiger partial charge in [0.1, 0.15) is 0 Å². The lowest BCUT2D eigenvalue weighted by molar-refractivity contribution is -0.140. The van der Waals surface area contributed by atoms with Gasteiger partial charge in [0, 0.05) is 12.2 Å². The third-order valence-corrected chi connectivity index (χ3v) is 2.74. The first-order valence-electron chi connectivity index (χ1n) is 5.37. The molecule has 0 saturated carbocycles. The summed E-state index contributed by atoms with van der Waals surface area (Å²) in [7, 11) is 1.35. The highest BCUT2D eigenvalue weighted by atomic mass is 32.2. The summed E-state index contributed by atoms with van der Waals surface area (Å²) in [6, 6.07) is 0. The number of rotatable bonds is 7. The number of esters is 2. The predicted molar refractivity (Wildman–Crippen MR) is 62.2 cm³/mol. The Balaban J connectivity index is 2.31. The van der Waals surface area contributed by atoms with E-state index >= 15 is 0 Å². The number of nitrogens with zero attached hydrogens (tertiary/aromatic N) is 2. The standard InChI is InChI=1S/C10H14N2O5S/c1-3-16-9(14)8-11-12-10(17-8)18-6-4-5-7(13)15-2/h3-6H2,1-2H3. The largest absolute Gasteiger partial charge is 0.469 e. The molecule has 0 amide bonds. The van der Waals surface area contributed by atoms with Gasteiger partial charge < -0.3 is 13.9 Å². The number of hydrogen-bond donors (Lipinski definition) is 0. The number of methoxy groups -OCH3 is 1. The van der Waals surface area contributed by atoms with Gasteiger partial charge in [-0.2, -0.15) is 0 Å². The minimum absolute atomic E-state index is 0.160. The molecule has 1 aromatic rings. The first-order valence-corrected chi connectivity index (χ1v) is 6.36. The van der Waals surface area contributed by atoms with Crippen LogP contribution in [0.5, 0.6) is 0 Å². The summed E-state index contributed by atoms with van der Waals surface area (Å²) in [5.74, 6) is -0.424. The molecule has 0 fully saturated rings. The highest BCUT2D eigenvalue weighted by Gasteiger charge is 2.15. The van der Waals surface area contributed by atoms with E-state index in [1.54, 1.807) is 6.92 Å². The van der Waals surface area contributed by atoms with Crippen LogP contribution < -0.4 is 0 Å². The maximum atomic E-state index is 11.2. The summed E-state index contributed by atoms with van der Waals surface area (Å²) in [6.07, 6.45) is 0.969. The third kappa shape index (κ3) is 4.74. The van der Waals surface area contributed by atoms with E-state index in [4.69, 9.17) is 9.15 Å². The Hall–Kier alpha value is -1.57. The molecule has 1 heterocycles. The van der Waals surface area contributed by atoms with Gasteiger partial charge in [-0.05, 0) is 13.3 Å². The van der Waals surface area contributed by atoms with E-state index in [1.165, 1.54) is 18.9 Å². The van der Waals surface area contributed by atoms with Crippen molar-refractivity contribution in [1.29, 1.82) is 0 Å². The van der Waals surface area contributed by atoms with Gasteiger partial charge in [-0.25, -0.2) is 4.79 Å². The Morgan fingerprint density at radius 1 is 1.39 bits per heavy atom. The molecule has 18 heavy (non-hydrogen) atoms. The number of hydrogen-bond acceptors (Lipinski definition) is 8. The lowest BCUT2D eigenvalue weighted by atomic mass is 10.3. The molecule has 0 radical (unpaired) electrons. The SMILES string of the molecule is CCOC(=O)c1nnc(SCCCC(=O)OC)o1.